The molecular formula is C23H27BrClN3O3. The second-order valence-corrected chi connectivity index (χ2v) is 8.94. The lowest BCUT2D eigenvalue weighted by Gasteiger charge is -2.32. The minimum Gasteiger partial charge on any atom is -0.497 e. The maximum absolute atomic E-state index is 12.2. The van der Waals surface area contributed by atoms with E-state index in [1.54, 1.807) is 25.3 Å². The van der Waals surface area contributed by atoms with E-state index in [-0.39, 0.29) is 18.4 Å². The molecule has 0 unspecified atom stereocenters. The zero-order chi connectivity index (χ0) is 22.2. The Balaban J connectivity index is 1.33. The van der Waals surface area contributed by atoms with Gasteiger partial charge in [0.05, 0.1) is 18.7 Å². The number of rotatable bonds is 8. The van der Waals surface area contributed by atoms with Gasteiger partial charge in [-0.2, -0.15) is 0 Å². The van der Waals surface area contributed by atoms with Crippen molar-refractivity contribution in [3.8, 4) is 5.75 Å². The molecule has 0 radical (unpaired) electrons. The third-order valence-electron chi connectivity index (χ3n) is 5.45. The molecule has 6 nitrogen and oxygen atoms in total. The fourth-order valence-electron chi connectivity index (χ4n) is 3.56. The zero-order valence-electron chi connectivity index (χ0n) is 17.5. The maximum atomic E-state index is 12.2. The summed E-state index contributed by atoms with van der Waals surface area (Å²) in [5, 5.41) is 6.12. The molecule has 31 heavy (non-hydrogen) atoms. The molecule has 2 aromatic carbocycles. The van der Waals surface area contributed by atoms with Crippen LogP contribution < -0.4 is 15.4 Å². The first-order chi connectivity index (χ1) is 14.9. The Bertz CT molecular complexity index is 899. The van der Waals surface area contributed by atoms with E-state index < -0.39 is 0 Å². The Morgan fingerprint density at radius 3 is 2.48 bits per heavy atom. The quantitative estimate of drug-likeness (QED) is 0.568. The van der Waals surface area contributed by atoms with E-state index in [1.165, 1.54) is 5.56 Å². The third-order valence-corrected chi connectivity index (χ3v) is 6.67. The van der Waals surface area contributed by atoms with Crippen LogP contribution in [0.15, 0.2) is 46.9 Å². The zero-order valence-corrected chi connectivity index (χ0v) is 19.8. The van der Waals surface area contributed by atoms with Gasteiger partial charge in [0.1, 0.15) is 5.75 Å². The second-order valence-electron chi connectivity index (χ2n) is 7.68. The van der Waals surface area contributed by atoms with Crippen molar-refractivity contribution in [3.63, 3.8) is 0 Å². The lowest BCUT2D eigenvalue weighted by atomic mass is 9.96. The molecule has 0 aromatic heterocycles. The van der Waals surface area contributed by atoms with Crippen molar-refractivity contribution in [2.45, 2.75) is 19.4 Å². The first-order valence-electron chi connectivity index (χ1n) is 10.3. The number of amides is 2. The molecule has 1 aliphatic heterocycles. The molecule has 0 aliphatic carbocycles. The van der Waals surface area contributed by atoms with Crippen LogP contribution in [0.3, 0.4) is 0 Å². The molecule has 2 aromatic rings. The van der Waals surface area contributed by atoms with Crippen LogP contribution in [0.2, 0.25) is 5.02 Å². The Hall–Kier alpha value is -2.09. The number of benzene rings is 2. The molecule has 0 saturated carbocycles. The first-order valence-corrected chi connectivity index (χ1v) is 11.5. The molecule has 2 amide bonds. The van der Waals surface area contributed by atoms with E-state index in [1.807, 2.05) is 12.1 Å². The molecule has 1 aliphatic rings. The van der Waals surface area contributed by atoms with Crippen LogP contribution in [0.25, 0.3) is 0 Å². The van der Waals surface area contributed by atoms with Crippen LogP contribution in [-0.4, -0.2) is 50.0 Å². The van der Waals surface area contributed by atoms with Gasteiger partial charge in [0.15, 0.2) is 0 Å². The van der Waals surface area contributed by atoms with Gasteiger partial charge in [-0.15, -0.1) is 0 Å². The molecule has 2 N–H and O–H groups in total. The number of piperidine rings is 1. The summed E-state index contributed by atoms with van der Waals surface area (Å²) in [5.41, 5.74) is 1.73. The van der Waals surface area contributed by atoms with Crippen molar-refractivity contribution in [2.24, 2.45) is 5.92 Å². The average Bonchev–Trinajstić information content (AvgIpc) is 2.79. The van der Waals surface area contributed by atoms with Gasteiger partial charge in [0, 0.05) is 23.1 Å². The van der Waals surface area contributed by atoms with Crippen LogP contribution in [0.1, 0.15) is 28.8 Å². The summed E-state index contributed by atoms with van der Waals surface area (Å²) in [7, 11) is 1.67. The summed E-state index contributed by atoms with van der Waals surface area (Å²) in [6, 6.07) is 13.1. The van der Waals surface area contributed by atoms with E-state index in [2.05, 4.69) is 43.6 Å². The highest BCUT2D eigenvalue weighted by molar-refractivity contribution is 9.10. The Kier molecular flexibility index (Phi) is 8.75. The number of carbonyl (C=O) groups is 2. The summed E-state index contributed by atoms with van der Waals surface area (Å²) in [4.78, 5) is 26.7. The molecule has 1 heterocycles. The van der Waals surface area contributed by atoms with Gasteiger partial charge < -0.3 is 15.4 Å². The Labute approximate surface area is 196 Å². The predicted octanol–water partition coefficient (Wildman–Crippen LogP) is 3.87. The number of methoxy groups -OCH3 is 1. The van der Waals surface area contributed by atoms with E-state index in [4.69, 9.17) is 16.3 Å². The molecule has 3 rings (SSSR count). The number of hydrogen-bond donors (Lipinski definition) is 2. The van der Waals surface area contributed by atoms with E-state index >= 15 is 0 Å². The lowest BCUT2D eigenvalue weighted by molar-refractivity contribution is -0.120. The standard InChI is InChI=1S/C23H27BrClN3O3/c1-31-19-5-2-17(3-6-19)15-28-10-8-16(9-11-28)13-26-22(29)14-27-23(30)18-4-7-21(25)20(24)12-18/h2-7,12,16H,8-11,13-15H2,1H3,(H,26,29)(H,27,30). The van der Waals surface area contributed by atoms with Gasteiger partial charge in [-0.1, -0.05) is 23.7 Å². The minimum atomic E-state index is -0.306. The van der Waals surface area contributed by atoms with Crippen molar-refractivity contribution in [3.05, 3.63) is 63.1 Å². The van der Waals surface area contributed by atoms with E-state index in [0.29, 0.717) is 27.5 Å². The van der Waals surface area contributed by atoms with E-state index in [0.717, 1.165) is 38.2 Å². The monoisotopic (exact) mass is 507 g/mol. The molecule has 166 valence electrons. The van der Waals surface area contributed by atoms with Gasteiger partial charge in [0.2, 0.25) is 5.91 Å². The summed E-state index contributed by atoms with van der Waals surface area (Å²) < 4.78 is 5.85. The number of nitrogens with one attached hydrogen (secondary N) is 2. The molecular weight excluding hydrogens is 482 g/mol. The normalized spacial score (nSPS) is 14.8. The van der Waals surface area contributed by atoms with Crippen molar-refractivity contribution >= 4 is 39.3 Å². The lowest BCUT2D eigenvalue weighted by Crippen LogP contribution is -2.41. The van der Waals surface area contributed by atoms with Crippen LogP contribution in [0, 0.1) is 5.92 Å². The average molecular weight is 509 g/mol. The largest absolute Gasteiger partial charge is 0.497 e. The first kappa shape index (κ1) is 23.6. The number of hydrogen-bond acceptors (Lipinski definition) is 4. The number of nitrogens with zero attached hydrogens (tertiary/aromatic N) is 1. The van der Waals surface area contributed by atoms with Gasteiger partial charge >= 0.3 is 0 Å². The summed E-state index contributed by atoms with van der Waals surface area (Å²) >= 11 is 9.23. The summed E-state index contributed by atoms with van der Waals surface area (Å²) in [5.74, 6) is 0.843. The van der Waals surface area contributed by atoms with Crippen molar-refractivity contribution in [2.75, 3.05) is 33.3 Å². The highest BCUT2D eigenvalue weighted by Gasteiger charge is 2.20. The highest BCUT2D eigenvalue weighted by atomic mass is 79.9. The SMILES string of the molecule is COc1ccc(CN2CCC(CNC(=O)CNC(=O)c3ccc(Cl)c(Br)c3)CC2)cc1. The molecule has 0 spiro atoms. The van der Waals surface area contributed by atoms with Crippen molar-refractivity contribution in [1.82, 2.24) is 15.5 Å². The number of ether oxygens (including phenoxy) is 1. The van der Waals surface area contributed by atoms with Crippen molar-refractivity contribution in [1.29, 1.82) is 0 Å². The maximum Gasteiger partial charge on any atom is 0.251 e. The number of carbonyl (C=O) groups excluding carboxylic acids is 2. The van der Waals surface area contributed by atoms with Crippen LogP contribution in [0.5, 0.6) is 5.75 Å². The highest BCUT2D eigenvalue weighted by Crippen LogP contribution is 2.23. The molecule has 1 fully saturated rings. The Morgan fingerprint density at radius 2 is 1.84 bits per heavy atom. The fourth-order valence-corrected chi connectivity index (χ4v) is 4.05. The predicted molar refractivity (Wildman–Crippen MR) is 125 cm³/mol. The van der Waals surface area contributed by atoms with Gasteiger partial charge in [-0.3, -0.25) is 14.5 Å². The minimum absolute atomic E-state index is 0.0462. The topological polar surface area (TPSA) is 70.7 Å². The molecule has 8 heteroatoms. The summed E-state index contributed by atoms with van der Waals surface area (Å²) in [6.45, 7) is 3.53. The van der Waals surface area contributed by atoms with Crippen LogP contribution >= 0.6 is 27.5 Å². The Morgan fingerprint density at radius 1 is 1.13 bits per heavy atom. The van der Waals surface area contributed by atoms with Gasteiger partial charge in [0.25, 0.3) is 5.91 Å². The third kappa shape index (κ3) is 7.23. The smallest absolute Gasteiger partial charge is 0.251 e. The second kappa shape index (κ2) is 11.5. The van der Waals surface area contributed by atoms with Gasteiger partial charge in [-0.25, -0.2) is 0 Å². The van der Waals surface area contributed by atoms with Crippen molar-refractivity contribution < 1.29 is 14.3 Å². The van der Waals surface area contributed by atoms with E-state index in [9.17, 15) is 9.59 Å². The fraction of sp³-hybridized carbons (Fsp3) is 0.391. The summed E-state index contributed by atoms with van der Waals surface area (Å²) in [6.07, 6.45) is 2.09. The number of likely N-dealkylation sites (tertiary alicyclic amines) is 1. The number of halogens is 2. The molecule has 1 saturated heterocycles. The molecule has 0 bridgehead atoms. The molecule has 0 atom stereocenters. The van der Waals surface area contributed by atoms with Crippen LogP contribution in [-0.2, 0) is 11.3 Å². The van der Waals surface area contributed by atoms with Crippen LogP contribution in [0.4, 0.5) is 0 Å². The van der Waals surface area contributed by atoms with Gasteiger partial charge in [-0.05, 0) is 83.7 Å².